The van der Waals surface area contributed by atoms with Crippen molar-refractivity contribution in [1.82, 2.24) is 25.1 Å². The molecule has 0 aliphatic rings. The van der Waals surface area contributed by atoms with Crippen molar-refractivity contribution < 1.29 is 5.21 Å². The number of aromatic nitrogens is 5. The Bertz CT molecular complexity index is 394. The van der Waals surface area contributed by atoms with Crippen LogP contribution in [0.3, 0.4) is 0 Å². The molecule has 3 N–H and O–H groups in total. The van der Waals surface area contributed by atoms with Crippen LogP contribution in [0.25, 0.3) is 11.2 Å². The van der Waals surface area contributed by atoms with Gasteiger partial charge >= 0.3 is 0 Å². The Kier molecular flexibility index (Phi) is 0.945. The van der Waals surface area contributed by atoms with E-state index in [-0.39, 0.29) is 17.0 Å². The first-order chi connectivity index (χ1) is 5.29. The third kappa shape index (κ3) is 0.672. The molecule has 0 amide bonds. The van der Waals surface area contributed by atoms with Gasteiger partial charge in [0.1, 0.15) is 6.33 Å². The highest BCUT2D eigenvalue weighted by Crippen LogP contribution is 2.11. The standard InChI is InChI=1S/C4H4N6O/c5-3-2-4(8-9-7-3)6-1-10(2)11/h1,11H,(H2,5,7,8). The van der Waals surface area contributed by atoms with Gasteiger partial charge in [0, 0.05) is 0 Å². The van der Waals surface area contributed by atoms with Crippen LogP contribution in [0.15, 0.2) is 6.33 Å². The molecule has 56 valence electrons. The van der Waals surface area contributed by atoms with E-state index in [9.17, 15) is 0 Å². The molecule has 0 atom stereocenters. The summed E-state index contributed by atoms with van der Waals surface area (Å²) in [5.41, 5.74) is 5.92. The third-order valence-electron chi connectivity index (χ3n) is 1.26. The molecule has 2 aromatic heterocycles. The van der Waals surface area contributed by atoms with Crippen molar-refractivity contribution in [2.75, 3.05) is 5.73 Å². The van der Waals surface area contributed by atoms with E-state index in [4.69, 9.17) is 10.9 Å². The first kappa shape index (κ1) is 5.83. The zero-order valence-corrected chi connectivity index (χ0v) is 5.34. The van der Waals surface area contributed by atoms with Gasteiger partial charge in [0.25, 0.3) is 0 Å². The van der Waals surface area contributed by atoms with Crippen LogP contribution in [0.2, 0.25) is 0 Å². The molecule has 2 aromatic rings. The number of imidazole rings is 1. The molecule has 11 heavy (non-hydrogen) atoms. The van der Waals surface area contributed by atoms with Gasteiger partial charge in [-0.25, -0.2) is 4.98 Å². The molecule has 0 saturated carbocycles. The fraction of sp³-hybridized carbons (Fsp3) is 0. The number of fused-ring (bicyclic) bond motifs is 1. The summed E-state index contributed by atoms with van der Waals surface area (Å²) >= 11 is 0. The van der Waals surface area contributed by atoms with E-state index in [1.165, 1.54) is 6.33 Å². The van der Waals surface area contributed by atoms with Crippen LogP contribution in [0.4, 0.5) is 5.82 Å². The molecule has 0 aliphatic carbocycles. The number of nitrogens with zero attached hydrogens (tertiary/aromatic N) is 5. The van der Waals surface area contributed by atoms with Crippen molar-refractivity contribution in [2.24, 2.45) is 0 Å². The Morgan fingerprint density at radius 1 is 1.45 bits per heavy atom. The van der Waals surface area contributed by atoms with Gasteiger partial charge in [0.05, 0.1) is 0 Å². The molecule has 2 heterocycles. The van der Waals surface area contributed by atoms with Crippen LogP contribution in [0.1, 0.15) is 0 Å². The van der Waals surface area contributed by atoms with E-state index in [1.54, 1.807) is 0 Å². The highest BCUT2D eigenvalue weighted by molar-refractivity contribution is 5.80. The highest BCUT2D eigenvalue weighted by atomic mass is 16.5. The highest BCUT2D eigenvalue weighted by Gasteiger charge is 2.06. The summed E-state index contributed by atoms with van der Waals surface area (Å²) in [4.78, 5) is 3.70. The summed E-state index contributed by atoms with van der Waals surface area (Å²) in [5, 5.41) is 19.3. The molecule has 0 bridgehead atoms. The Morgan fingerprint density at radius 2 is 2.27 bits per heavy atom. The molecule has 7 nitrogen and oxygen atoms in total. The van der Waals surface area contributed by atoms with E-state index in [1.807, 2.05) is 0 Å². The SMILES string of the molecule is Nc1nnnc2ncn(O)c12. The Balaban J connectivity index is 2.96. The second-order valence-corrected chi connectivity index (χ2v) is 1.94. The lowest BCUT2D eigenvalue weighted by Gasteiger charge is -1.92. The average molecular weight is 152 g/mol. The summed E-state index contributed by atoms with van der Waals surface area (Å²) < 4.78 is 0.756. The first-order valence-electron chi connectivity index (χ1n) is 2.80. The van der Waals surface area contributed by atoms with Crippen LogP contribution in [0, 0.1) is 0 Å². The van der Waals surface area contributed by atoms with Crippen molar-refractivity contribution in [1.29, 1.82) is 0 Å². The largest absolute Gasteiger partial charge is 0.427 e. The number of nitrogen functional groups attached to an aromatic ring is 1. The molecule has 7 heteroatoms. The first-order valence-corrected chi connectivity index (χ1v) is 2.80. The van der Waals surface area contributed by atoms with Gasteiger partial charge in [-0.2, -0.15) is 4.73 Å². The number of nitrogens with two attached hydrogens (primary N) is 1. The van der Waals surface area contributed by atoms with Gasteiger partial charge in [-0.3, -0.25) is 0 Å². The van der Waals surface area contributed by atoms with Crippen molar-refractivity contribution in [3.63, 3.8) is 0 Å². The zero-order valence-electron chi connectivity index (χ0n) is 5.34. The van der Waals surface area contributed by atoms with Gasteiger partial charge in [-0.15, -0.1) is 10.2 Å². The Labute approximate surface area is 60.4 Å². The maximum absolute atomic E-state index is 9.06. The maximum atomic E-state index is 9.06. The predicted molar refractivity (Wildman–Crippen MR) is 34.7 cm³/mol. The van der Waals surface area contributed by atoms with E-state index in [0.29, 0.717) is 0 Å². The lowest BCUT2D eigenvalue weighted by Crippen LogP contribution is -1.99. The fourth-order valence-corrected chi connectivity index (χ4v) is 0.796. The minimum Gasteiger partial charge on any atom is -0.427 e. The van der Waals surface area contributed by atoms with Gasteiger partial charge in [0.15, 0.2) is 11.3 Å². The van der Waals surface area contributed by atoms with E-state index >= 15 is 0 Å². The lowest BCUT2D eigenvalue weighted by atomic mass is 10.5. The zero-order chi connectivity index (χ0) is 7.84. The average Bonchev–Trinajstić information content (AvgIpc) is 2.34. The van der Waals surface area contributed by atoms with Gasteiger partial charge < -0.3 is 10.9 Å². The fourth-order valence-electron chi connectivity index (χ4n) is 0.796. The molecule has 2 rings (SSSR count). The molecule has 0 radical (unpaired) electrons. The molecule has 0 aromatic carbocycles. The number of hydrogen-bond donors (Lipinski definition) is 2. The van der Waals surface area contributed by atoms with Crippen molar-refractivity contribution in [2.45, 2.75) is 0 Å². The monoisotopic (exact) mass is 152 g/mol. The second kappa shape index (κ2) is 1.78. The lowest BCUT2D eigenvalue weighted by molar-refractivity contribution is 0.198. The summed E-state index contributed by atoms with van der Waals surface area (Å²) in [6.07, 6.45) is 1.18. The summed E-state index contributed by atoms with van der Waals surface area (Å²) in [6.45, 7) is 0. The quantitative estimate of drug-likeness (QED) is 0.471. The minimum absolute atomic E-state index is 0.106. The topological polar surface area (TPSA) is 103 Å². The second-order valence-electron chi connectivity index (χ2n) is 1.94. The third-order valence-corrected chi connectivity index (χ3v) is 1.26. The maximum Gasteiger partial charge on any atom is 0.209 e. The van der Waals surface area contributed by atoms with Gasteiger partial charge in [0.2, 0.25) is 5.65 Å². The van der Waals surface area contributed by atoms with Crippen molar-refractivity contribution in [3.8, 4) is 0 Å². The molecule has 0 unspecified atom stereocenters. The molecule has 0 spiro atoms. The number of hydrogen-bond acceptors (Lipinski definition) is 6. The number of rotatable bonds is 0. The summed E-state index contributed by atoms with van der Waals surface area (Å²) in [6, 6.07) is 0. The van der Waals surface area contributed by atoms with E-state index < -0.39 is 0 Å². The molecular weight excluding hydrogens is 148 g/mol. The summed E-state index contributed by atoms with van der Waals surface area (Å²) in [7, 11) is 0. The van der Waals surface area contributed by atoms with Crippen LogP contribution >= 0.6 is 0 Å². The van der Waals surface area contributed by atoms with Crippen LogP contribution < -0.4 is 5.73 Å². The number of anilines is 1. The molecule has 0 saturated heterocycles. The Morgan fingerprint density at radius 3 is 3.00 bits per heavy atom. The van der Waals surface area contributed by atoms with Crippen molar-refractivity contribution >= 4 is 17.0 Å². The molecule has 0 aliphatic heterocycles. The minimum atomic E-state index is 0.106. The van der Waals surface area contributed by atoms with E-state index in [0.717, 1.165) is 4.73 Å². The smallest absolute Gasteiger partial charge is 0.209 e. The van der Waals surface area contributed by atoms with Gasteiger partial charge in [-0.1, -0.05) is 0 Å². The van der Waals surface area contributed by atoms with Crippen molar-refractivity contribution in [3.05, 3.63) is 6.33 Å². The van der Waals surface area contributed by atoms with Crippen LogP contribution in [-0.2, 0) is 0 Å². The van der Waals surface area contributed by atoms with E-state index in [2.05, 4.69) is 20.4 Å². The normalized spacial score (nSPS) is 10.5. The molecule has 0 fully saturated rings. The summed E-state index contributed by atoms with van der Waals surface area (Å²) in [5.74, 6) is 0.106. The molecular formula is C4H4N6O. The van der Waals surface area contributed by atoms with Crippen LogP contribution in [-0.4, -0.2) is 30.3 Å². The van der Waals surface area contributed by atoms with Gasteiger partial charge in [-0.05, 0) is 5.21 Å². The Hall–Kier alpha value is -1.92. The predicted octanol–water partition coefficient (Wildman–Crippen LogP) is -0.959. The van der Waals surface area contributed by atoms with Crippen LogP contribution in [0.5, 0.6) is 0 Å².